The molecule has 0 fully saturated rings. The third-order valence-corrected chi connectivity index (χ3v) is 1.68. The highest BCUT2D eigenvalue weighted by Crippen LogP contribution is 1.79. The molecule has 1 amide bonds. The minimum Gasteiger partial charge on any atom is -0.355 e. The lowest BCUT2D eigenvalue weighted by Crippen LogP contribution is -2.32. The van der Waals surface area contributed by atoms with Gasteiger partial charge in [-0.1, -0.05) is 6.92 Å². The molecule has 14 heavy (non-hydrogen) atoms. The Morgan fingerprint density at radius 2 is 2.43 bits per heavy atom. The quantitative estimate of drug-likeness (QED) is 0.721. The number of hydrogen-bond acceptors (Lipinski definition) is 3. The molecule has 0 aliphatic heterocycles. The van der Waals surface area contributed by atoms with Crippen LogP contribution in [0, 0.1) is 0 Å². The van der Waals surface area contributed by atoms with Gasteiger partial charge in [0.15, 0.2) is 0 Å². The number of amides is 1. The van der Waals surface area contributed by atoms with Gasteiger partial charge in [0.05, 0.1) is 6.33 Å². The zero-order valence-electron chi connectivity index (χ0n) is 8.06. The molecule has 1 rings (SSSR count). The van der Waals surface area contributed by atoms with Gasteiger partial charge >= 0.3 is 0 Å². The van der Waals surface area contributed by atoms with Crippen molar-refractivity contribution < 1.29 is 4.79 Å². The minimum absolute atomic E-state index is 0.0344. The van der Waals surface area contributed by atoms with Crippen molar-refractivity contribution >= 4 is 5.91 Å². The molecule has 0 aromatic carbocycles. The molecule has 0 aliphatic rings. The highest BCUT2D eigenvalue weighted by molar-refractivity contribution is 5.75. The topological polar surface area (TPSA) is 64.0 Å². The fourth-order valence-electron chi connectivity index (χ4n) is 0.972. The normalized spacial score (nSPS) is 9.79. The Morgan fingerprint density at radius 3 is 3.07 bits per heavy atom. The average Bonchev–Trinajstić information content (AvgIpc) is 2.18. The van der Waals surface area contributed by atoms with Crippen LogP contribution in [0.25, 0.3) is 0 Å². The molecular formula is C9H13N3O2. The monoisotopic (exact) mass is 195 g/mol. The van der Waals surface area contributed by atoms with Crippen molar-refractivity contribution in [1.29, 1.82) is 0 Å². The first-order valence-corrected chi connectivity index (χ1v) is 4.51. The molecule has 76 valence electrons. The van der Waals surface area contributed by atoms with Gasteiger partial charge < -0.3 is 5.32 Å². The third-order valence-electron chi connectivity index (χ3n) is 1.68. The molecule has 5 nitrogen and oxygen atoms in total. The molecule has 1 heterocycles. The minimum atomic E-state index is -0.216. The van der Waals surface area contributed by atoms with Crippen molar-refractivity contribution in [1.82, 2.24) is 14.9 Å². The van der Waals surface area contributed by atoms with Crippen LogP contribution in [0.15, 0.2) is 23.4 Å². The van der Waals surface area contributed by atoms with E-state index in [9.17, 15) is 9.59 Å². The Hall–Kier alpha value is -1.65. The summed E-state index contributed by atoms with van der Waals surface area (Å²) in [7, 11) is 0. The molecule has 1 aromatic rings. The van der Waals surface area contributed by atoms with Gasteiger partial charge in [0.2, 0.25) is 5.91 Å². The molecule has 0 atom stereocenters. The molecule has 1 aromatic heterocycles. The van der Waals surface area contributed by atoms with Crippen LogP contribution in [0.2, 0.25) is 0 Å². The Kier molecular flexibility index (Phi) is 3.84. The lowest BCUT2D eigenvalue weighted by atomic mass is 10.4. The number of nitrogens with zero attached hydrogens (tertiary/aromatic N) is 2. The third kappa shape index (κ3) is 3.01. The van der Waals surface area contributed by atoms with E-state index in [4.69, 9.17) is 0 Å². The fraction of sp³-hybridized carbons (Fsp3) is 0.444. The van der Waals surface area contributed by atoms with E-state index >= 15 is 0 Å². The first-order valence-electron chi connectivity index (χ1n) is 4.51. The highest BCUT2D eigenvalue weighted by Gasteiger charge is 2.01. The van der Waals surface area contributed by atoms with Crippen molar-refractivity contribution in [2.24, 2.45) is 0 Å². The van der Waals surface area contributed by atoms with Gasteiger partial charge in [-0.05, 0) is 6.42 Å². The first kappa shape index (κ1) is 10.4. The molecule has 0 saturated heterocycles. The van der Waals surface area contributed by atoms with Gasteiger partial charge in [-0.25, -0.2) is 4.98 Å². The lowest BCUT2D eigenvalue weighted by molar-refractivity contribution is -0.121. The Bertz CT molecular complexity index is 359. The second-order valence-corrected chi connectivity index (χ2v) is 2.90. The molecule has 1 N–H and O–H groups in total. The number of aromatic nitrogens is 2. The predicted octanol–water partition coefficient (Wildman–Crippen LogP) is -0.231. The van der Waals surface area contributed by atoms with Crippen molar-refractivity contribution in [3.05, 3.63) is 28.9 Å². The molecule has 0 bridgehead atoms. The largest absolute Gasteiger partial charge is 0.355 e. The second kappa shape index (κ2) is 5.16. The van der Waals surface area contributed by atoms with Crippen LogP contribution in [0.4, 0.5) is 0 Å². The summed E-state index contributed by atoms with van der Waals surface area (Å²) < 4.78 is 1.27. The summed E-state index contributed by atoms with van der Waals surface area (Å²) in [6.07, 6.45) is 3.64. The van der Waals surface area contributed by atoms with Gasteiger partial charge in [-0.15, -0.1) is 0 Å². The van der Waals surface area contributed by atoms with Crippen LogP contribution in [0.3, 0.4) is 0 Å². The SMILES string of the molecule is CCCNC(=O)Cn1cnccc1=O. The maximum atomic E-state index is 11.2. The van der Waals surface area contributed by atoms with E-state index in [0.717, 1.165) is 6.42 Å². The average molecular weight is 195 g/mol. The van der Waals surface area contributed by atoms with Gasteiger partial charge in [0, 0.05) is 18.8 Å². The van der Waals surface area contributed by atoms with Crippen LogP contribution in [-0.4, -0.2) is 22.0 Å². The van der Waals surface area contributed by atoms with Crippen LogP contribution in [-0.2, 0) is 11.3 Å². The van der Waals surface area contributed by atoms with Crippen molar-refractivity contribution in [3.63, 3.8) is 0 Å². The molecule has 0 saturated carbocycles. The van der Waals surface area contributed by atoms with Crippen LogP contribution >= 0.6 is 0 Å². The number of carbonyl (C=O) groups excluding carboxylic acids is 1. The Morgan fingerprint density at radius 1 is 1.64 bits per heavy atom. The number of carbonyl (C=O) groups is 1. The lowest BCUT2D eigenvalue weighted by Gasteiger charge is -2.04. The van der Waals surface area contributed by atoms with E-state index in [0.29, 0.717) is 6.54 Å². The maximum absolute atomic E-state index is 11.2. The van der Waals surface area contributed by atoms with Gasteiger partial charge in [-0.2, -0.15) is 0 Å². The zero-order chi connectivity index (χ0) is 10.4. The number of rotatable bonds is 4. The van der Waals surface area contributed by atoms with Gasteiger partial charge in [0.1, 0.15) is 6.54 Å². The molecule has 0 radical (unpaired) electrons. The first-order chi connectivity index (χ1) is 6.74. The Balaban J connectivity index is 2.56. The summed E-state index contributed by atoms with van der Waals surface area (Å²) in [5.74, 6) is -0.165. The summed E-state index contributed by atoms with van der Waals surface area (Å²) in [6, 6.07) is 1.33. The van der Waals surface area contributed by atoms with Crippen molar-refractivity contribution in [2.45, 2.75) is 19.9 Å². The van der Waals surface area contributed by atoms with Crippen molar-refractivity contribution in [2.75, 3.05) is 6.54 Å². The maximum Gasteiger partial charge on any atom is 0.253 e. The smallest absolute Gasteiger partial charge is 0.253 e. The summed E-state index contributed by atoms with van der Waals surface area (Å²) in [4.78, 5) is 26.2. The summed E-state index contributed by atoms with van der Waals surface area (Å²) in [5.41, 5.74) is -0.216. The van der Waals surface area contributed by atoms with Crippen LogP contribution in [0.1, 0.15) is 13.3 Å². The summed E-state index contributed by atoms with van der Waals surface area (Å²) in [6.45, 7) is 2.64. The van der Waals surface area contributed by atoms with Crippen LogP contribution in [0.5, 0.6) is 0 Å². The van der Waals surface area contributed by atoms with E-state index in [2.05, 4.69) is 10.3 Å². The fourth-order valence-corrected chi connectivity index (χ4v) is 0.972. The standard InChI is InChI=1S/C9H13N3O2/c1-2-4-11-8(13)6-12-7-10-5-3-9(12)14/h3,5,7H,2,4,6H2,1H3,(H,11,13). The van der Waals surface area contributed by atoms with E-state index < -0.39 is 0 Å². The number of hydrogen-bond donors (Lipinski definition) is 1. The molecular weight excluding hydrogens is 182 g/mol. The predicted molar refractivity (Wildman–Crippen MR) is 51.8 cm³/mol. The van der Waals surface area contributed by atoms with Gasteiger partial charge in [-0.3, -0.25) is 14.2 Å². The van der Waals surface area contributed by atoms with Gasteiger partial charge in [0.25, 0.3) is 5.56 Å². The van der Waals surface area contributed by atoms with E-state index in [1.54, 1.807) is 0 Å². The zero-order valence-corrected chi connectivity index (χ0v) is 8.06. The van der Waals surface area contributed by atoms with Crippen LogP contribution < -0.4 is 10.9 Å². The van der Waals surface area contributed by atoms with E-state index in [1.165, 1.54) is 23.2 Å². The molecule has 0 spiro atoms. The molecule has 5 heteroatoms. The molecule has 0 aliphatic carbocycles. The van der Waals surface area contributed by atoms with E-state index in [-0.39, 0.29) is 18.0 Å². The summed E-state index contributed by atoms with van der Waals surface area (Å²) in [5, 5.41) is 2.68. The second-order valence-electron chi connectivity index (χ2n) is 2.90. The molecule has 0 unspecified atom stereocenters. The Labute approximate surface area is 81.8 Å². The van der Waals surface area contributed by atoms with Crippen molar-refractivity contribution in [3.8, 4) is 0 Å². The van der Waals surface area contributed by atoms with E-state index in [1.807, 2.05) is 6.92 Å². The summed E-state index contributed by atoms with van der Waals surface area (Å²) >= 11 is 0. The highest BCUT2D eigenvalue weighted by atomic mass is 16.2. The number of nitrogens with one attached hydrogen (secondary N) is 1.